The maximum atomic E-state index is 10.5. The SMILES string of the molecule is NC(=O)OCC1OCCc2cccc(O)c21. The molecular formula is C11H13NO4. The molecule has 0 saturated carbocycles. The van der Waals surface area contributed by atoms with Crippen LogP contribution in [0.25, 0.3) is 0 Å². The molecule has 0 bridgehead atoms. The summed E-state index contributed by atoms with van der Waals surface area (Å²) in [7, 11) is 0. The first-order valence-corrected chi connectivity index (χ1v) is 5.03. The predicted molar refractivity (Wildman–Crippen MR) is 56.0 cm³/mol. The molecule has 1 unspecified atom stereocenters. The van der Waals surface area contributed by atoms with Gasteiger partial charge in [-0.2, -0.15) is 0 Å². The van der Waals surface area contributed by atoms with E-state index in [2.05, 4.69) is 0 Å². The van der Waals surface area contributed by atoms with Crippen LogP contribution in [0.1, 0.15) is 17.2 Å². The second kappa shape index (κ2) is 4.40. The highest BCUT2D eigenvalue weighted by Crippen LogP contribution is 2.34. The zero-order valence-electron chi connectivity index (χ0n) is 8.68. The van der Waals surface area contributed by atoms with E-state index in [1.54, 1.807) is 12.1 Å². The van der Waals surface area contributed by atoms with Gasteiger partial charge < -0.3 is 20.3 Å². The molecule has 0 aliphatic carbocycles. The molecule has 1 aliphatic heterocycles. The van der Waals surface area contributed by atoms with Crippen LogP contribution in [-0.2, 0) is 15.9 Å². The molecule has 2 rings (SSSR count). The molecule has 0 fully saturated rings. The lowest BCUT2D eigenvalue weighted by Crippen LogP contribution is -2.24. The lowest BCUT2D eigenvalue weighted by Gasteiger charge is -2.26. The first kappa shape index (κ1) is 10.8. The number of phenols is 1. The number of benzene rings is 1. The normalized spacial score (nSPS) is 18.9. The van der Waals surface area contributed by atoms with Crippen LogP contribution in [0.3, 0.4) is 0 Å². The Labute approximate surface area is 92.8 Å². The fraction of sp³-hybridized carbons (Fsp3) is 0.364. The molecule has 0 saturated heterocycles. The van der Waals surface area contributed by atoms with Gasteiger partial charge in [-0.05, 0) is 18.1 Å². The van der Waals surface area contributed by atoms with Crippen molar-refractivity contribution < 1.29 is 19.4 Å². The number of nitrogens with two attached hydrogens (primary N) is 1. The third-order valence-electron chi connectivity index (χ3n) is 2.56. The Hall–Kier alpha value is -1.75. The molecule has 1 aromatic rings. The molecule has 86 valence electrons. The minimum Gasteiger partial charge on any atom is -0.508 e. The van der Waals surface area contributed by atoms with Crippen molar-refractivity contribution in [2.75, 3.05) is 13.2 Å². The monoisotopic (exact) mass is 223 g/mol. The Morgan fingerprint density at radius 2 is 2.44 bits per heavy atom. The van der Waals surface area contributed by atoms with Crippen molar-refractivity contribution in [2.45, 2.75) is 12.5 Å². The van der Waals surface area contributed by atoms with Gasteiger partial charge in [0.1, 0.15) is 18.5 Å². The summed E-state index contributed by atoms with van der Waals surface area (Å²) in [5.74, 6) is 0.162. The van der Waals surface area contributed by atoms with Crippen molar-refractivity contribution >= 4 is 6.09 Å². The van der Waals surface area contributed by atoms with E-state index in [-0.39, 0.29) is 12.4 Å². The molecule has 5 nitrogen and oxygen atoms in total. The summed E-state index contributed by atoms with van der Waals surface area (Å²) < 4.78 is 10.1. The van der Waals surface area contributed by atoms with Gasteiger partial charge in [-0.3, -0.25) is 0 Å². The Morgan fingerprint density at radius 1 is 1.62 bits per heavy atom. The maximum absolute atomic E-state index is 10.5. The number of rotatable bonds is 2. The molecule has 1 aromatic carbocycles. The second-order valence-electron chi connectivity index (χ2n) is 3.59. The van der Waals surface area contributed by atoms with Crippen LogP contribution in [0, 0.1) is 0 Å². The predicted octanol–water partition coefficient (Wildman–Crippen LogP) is 1.10. The Balaban J connectivity index is 2.21. The topological polar surface area (TPSA) is 81.8 Å². The van der Waals surface area contributed by atoms with Gasteiger partial charge in [-0.15, -0.1) is 0 Å². The highest BCUT2D eigenvalue weighted by molar-refractivity contribution is 5.64. The van der Waals surface area contributed by atoms with E-state index < -0.39 is 12.2 Å². The number of primary amides is 1. The number of carbonyl (C=O) groups is 1. The smallest absolute Gasteiger partial charge is 0.404 e. The maximum Gasteiger partial charge on any atom is 0.404 e. The van der Waals surface area contributed by atoms with E-state index in [4.69, 9.17) is 15.2 Å². The molecule has 0 radical (unpaired) electrons. The fourth-order valence-electron chi connectivity index (χ4n) is 1.87. The van der Waals surface area contributed by atoms with Gasteiger partial charge in [0, 0.05) is 5.56 Å². The molecule has 16 heavy (non-hydrogen) atoms. The van der Waals surface area contributed by atoms with Crippen LogP contribution >= 0.6 is 0 Å². The van der Waals surface area contributed by atoms with E-state index >= 15 is 0 Å². The summed E-state index contributed by atoms with van der Waals surface area (Å²) in [5.41, 5.74) is 6.60. The van der Waals surface area contributed by atoms with Crippen LogP contribution in [0.2, 0.25) is 0 Å². The van der Waals surface area contributed by atoms with Gasteiger partial charge in [0.2, 0.25) is 0 Å². The third kappa shape index (κ3) is 2.09. The number of ether oxygens (including phenoxy) is 2. The minimum absolute atomic E-state index is 0.0277. The molecule has 1 amide bonds. The molecule has 1 atom stereocenters. The lowest BCUT2D eigenvalue weighted by molar-refractivity contribution is -0.00358. The van der Waals surface area contributed by atoms with Gasteiger partial charge in [0.15, 0.2) is 0 Å². The lowest BCUT2D eigenvalue weighted by atomic mass is 9.97. The van der Waals surface area contributed by atoms with E-state index in [0.29, 0.717) is 12.2 Å². The van der Waals surface area contributed by atoms with Crippen molar-refractivity contribution in [3.63, 3.8) is 0 Å². The number of hydrogen-bond acceptors (Lipinski definition) is 4. The van der Waals surface area contributed by atoms with Crippen molar-refractivity contribution in [2.24, 2.45) is 5.73 Å². The standard InChI is InChI=1S/C11H13NO4/c12-11(14)16-6-9-10-7(4-5-15-9)2-1-3-8(10)13/h1-3,9,13H,4-6H2,(H2,12,14). The average Bonchev–Trinajstić information content (AvgIpc) is 2.26. The van der Waals surface area contributed by atoms with Crippen molar-refractivity contribution in [3.05, 3.63) is 29.3 Å². The summed E-state index contributed by atoms with van der Waals surface area (Å²) in [6, 6.07) is 5.30. The van der Waals surface area contributed by atoms with Crippen molar-refractivity contribution in [1.82, 2.24) is 0 Å². The number of hydrogen-bond donors (Lipinski definition) is 2. The van der Waals surface area contributed by atoms with Crippen LogP contribution in [-0.4, -0.2) is 24.4 Å². The zero-order chi connectivity index (χ0) is 11.5. The molecule has 1 heterocycles. The quantitative estimate of drug-likeness (QED) is 0.786. The summed E-state index contributed by atoms with van der Waals surface area (Å²) in [6.45, 7) is 0.573. The van der Waals surface area contributed by atoms with E-state index in [9.17, 15) is 9.90 Å². The number of aromatic hydroxyl groups is 1. The first-order valence-electron chi connectivity index (χ1n) is 5.03. The highest BCUT2D eigenvalue weighted by atomic mass is 16.6. The van der Waals surface area contributed by atoms with Crippen LogP contribution in [0.15, 0.2) is 18.2 Å². The number of phenolic OH excluding ortho intramolecular Hbond substituents is 1. The fourth-order valence-corrected chi connectivity index (χ4v) is 1.87. The van der Waals surface area contributed by atoms with Crippen LogP contribution < -0.4 is 5.73 Å². The van der Waals surface area contributed by atoms with Gasteiger partial charge in [-0.1, -0.05) is 12.1 Å². The van der Waals surface area contributed by atoms with Crippen LogP contribution in [0.4, 0.5) is 4.79 Å². The van der Waals surface area contributed by atoms with Gasteiger partial charge in [0.05, 0.1) is 6.61 Å². The summed E-state index contributed by atoms with van der Waals surface area (Å²) >= 11 is 0. The molecule has 0 aromatic heterocycles. The van der Waals surface area contributed by atoms with E-state index in [0.717, 1.165) is 12.0 Å². The minimum atomic E-state index is -0.842. The Morgan fingerprint density at radius 3 is 3.19 bits per heavy atom. The third-order valence-corrected chi connectivity index (χ3v) is 2.56. The molecule has 1 aliphatic rings. The first-order chi connectivity index (χ1) is 7.68. The largest absolute Gasteiger partial charge is 0.508 e. The number of fused-ring (bicyclic) bond motifs is 1. The molecule has 5 heteroatoms. The van der Waals surface area contributed by atoms with Crippen molar-refractivity contribution in [3.8, 4) is 5.75 Å². The van der Waals surface area contributed by atoms with E-state index in [1.807, 2.05) is 6.07 Å². The van der Waals surface area contributed by atoms with Crippen LogP contribution in [0.5, 0.6) is 5.75 Å². The second-order valence-corrected chi connectivity index (χ2v) is 3.59. The summed E-state index contributed by atoms with van der Waals surface area (Å²) in [6.07, 6.45) is -0.528. The van der Waals surface area contributed by atoms with Gasteiger partial charge >= 0.3 is 6.09 Å². The average molecular weight is 223 g/mol. The molecular weight excluding hydrogens is 210 g/mol. The number of carbonyl (C=O) groups excluding carboxylic acids is 1. The van der Waals surface area contributed by atoms with Gasteiger partial charge in [0.25, 0.3) is 0 Å². The van der Waals surface area contributed by atoms with Crippen molar-refractivity contribution in [1.29, 1.82) is 0 Å². The summed E-state index contributed by atoms with van der Waals surface area (Å²) in [5, 5.41) is 9.74. The highest BCUT2D eigenvalue weighted by Gasteiger charge is 2.24. The van der Waals surface area contributed by atoms with Gasteiger partial charge in [-0.25, -0.2) is 4.79 Å². The number of amides is 1. The molecule has 3 N–H and O–H groups in total. The summed E-state index contributed by atoms with van der Waals surface area (Å²) in [4.78, 5) is 10.5. The van der Waals surface area contributed by atoms with E-state index in [1.165, 1.54) is 0 Å². The molecule has 0 spiro atoms. The zero-order valence-corrected chi connectivity index (χ0v) is 8.68. The Kier molecular flexibility index (Phi) is 2.96. The Bertz CT molecular complexity index is 405.